The Kier molecular flexibility index (Phi) is 4.48. The van der Waals surface area contributed by atoms with Gasteiger partial charge in [-0.1, -0.05) is 0 Å². The van der Waals surface area contributed by atoms with E-state index in [0.29, 0.717) is 43.1 Å². The average molecular weight is 345 g/mol. The molecule has 2 saturated heterocycles. The van der Waals surface area contributed by atoms with Crippen molar-refractivity contribution in [2.75, 3.05) is 31.7 Å². The normalized spacial score (nSPS) is 22.9. The van der Waals surface area contributed by atoms with Crippen molar-refractivity contribution < 1.29 is 19.1 Å². The lowest BCUT2D eigenvalue weighted by Gasteiger charge is -2.33. The summed E-state index contributed by atoms with van der Waals surface area (Å²) >= 11 is 0. The Hall–Kier alpha value is -2.28. The highest BCUT2D eigenvalue weighted by Gasteiger charge is 2.32. The predicted molar refractivity (Wildman–Crippen MR) is 91.5 cm³/mol. The molecule has 0 bridgehead atoms. The highest BCUT2D eigenvalue weighted by atomic mass is 16.7. The van der Waals surface area contributed by atoms with E-state index in [0.717, 1.165) is 19.4 Å². The SMILES string of the molecule is O=C(Nc1ccc2c(c1)OCO2)C1CCN(C(=O)C2CCCN2)CC1. The maximum Gasteiger partial charge on any atom is 0.239 e. The number of carbonyl (C=O) groups excluding carboxylic acids is 2. The molecule has 7 nitrogen and oxygen atoms in total. The molecule has 1 atom stereocenters. The second-order valence-corrected chi connectivity index (χ2v) is 6.81. The third-order valence-corrected chi connectivity index (χ3v) is 5.18. The third kappa shape index (κ3) is 3.42. The van der Waals surface area contributed by atoms with Crippen molar-refractivity contribution in [1.82, 2.24) is 10.2 Å². The minimum absolute atomic E-state index is 0.00459. The first kappa shape index (κ1) is 16.2. The molecule has 0 radical (unpaired) electrons. The number of ether oxygens (including phenoxy) is 2. The molecule has 4 rings (SSSR count). The van der Waals surface area contributed by atoms with Crippen LogP contribution in [0.1, 0.15) is 25.7 Å². The molecule has 7 heteroatoms. The molecule has 3 aliphatic heterocycles. The Labute approximate surface area is 146 Å². The molecule has 134 valence electrons. The Bertz CT molecular complexity index is 664. The molecule has 3 aliphatic rings. The summed E-state index contributed by atoms with van der Waals surface area (Å²) in [5.74, 6) is 1.48. The number of benzene rings is 1. The number of piperidine rings is 1. The summed E-state index contributed by atoms with van der Waals surface area (Å²) in [6.45, 7) is 2.44. The van der Waals surface area contributed by atoms with Crippen molar-refractivity contribution in [2.45, 2.75) is 31.7 Å². The lowest BCUT2D eigenvalue weighted by Crippen LogP contribution is -2.48. The van der Waals surface area contributed by atoms with Crippen molar-refractivity contribution in [3.05, 3.63) is 18.2 Å². The molecule has 0 aliphatic carbocycles. The maximum atomic E-state index is 12.5. The summed E-state index contributed by atoms with van der Waals surface area (Å²) in [5, 5.41) is 6.20. The Balaban J connectivity index is 1.30. The summed E-state index contributed by atoms with van der Waals surface area (Å²) in [4.78, 5) is 26.8. The number of likely N-dealkylation sites (tertiary alicyclic amines) is 1. The molecule has 0 spiro atoms. The van der Waals surface area contributed by atoms with Gasteiger partial charge in [-0.15, -0.1) is 0 Å². The van der Waals surface area contributed by atoms with Crippen molar-refractivity contribution >= 4 is 17.5 Å². The van der Waals surface area contributed by atoms with Gasteiger partial charge in [-0.3, -0.25) is 9.59 Å². The van der Waals surface area contributed by atoms with Crippen LogP contribution in [-0.4, -0.2) is 49.2 Å². The topological polar surface area (TPSA) is 79.9 Å². The first-order valence-corrected chi connectivity index (χ1v) is 8.93. The van der Waals surface area contributed by atoms with Gasteiger partial charge in [0.2, 0.25) is 18.6 Å². The molecule has 0 aromatic heterocycles. The van der Waals surface area contributed by atoms with E-state index in [-0.39, 0.29) is 30.6 Å². The van der Waals surface area contributed by atoms with Crippen molar-refractivity contribution in [3.8, 4) is 11.5 Å². The first-order chi connectivity index (χ1) is 12.2. The molecular formula is C18H23N3O4. The number of carbonyl (C=O) groups is 2. The second-order valence-electron chi connectivity index (χ2n) is 6.81. The smallest absolute Gasteiger partial charge is 0.239 e. The van der Waals surface area contributed by atoms with Crippen LogP contribution in [0.15, 0.2) is 18.2 Å². The Morgan fingerprint density at radius 3 is 2.68 bits per heavy atom. The molecule has 1 unspecified atom stereocenters. The monoisotopic (exact) mass is 345 g/mol. The number of nitrogens with one attached hydrogen (secondary N) is 2. The number of fused-ring (bicyclic) bond motifs is 1. The van der Waals surface area contributed by atoms with E-state index in [1.165, 1.54) is 0 Å². The molecular weight excluding hydrogens is 322 g/mol. The molecule has 2 amide bonds. The molecule has 2 N–H and O–H groups in total. The van der Waals surface area contributed by atoms with Crippen molar-refractivity contribution in [3.63, 3.8) is 0 Å². The van der Waals surface area contributed by atoms with Crippen molar-refractivity contribution in [2.24, 2.45) is 5.92 Å². The van der Waals surface area contributed by atoms with Gasteiger partial charge in [0.15, 0.2) is 11.5 Å². The molecule has 0 saturated carbocycles. The van der Waals surface area contributed by atoms with Crippen LogP contribution in [0.4, 0.5) is 5.69 Å². The summed E-state index contributed by atoms with van der Waals surface area (Å²) in [6, 6.07) is 5.37. The van der Waals surface area contributed by atoms with E-state index in [4.69, 9.17) is 9.47 Å². The fourth-order valence-electron chi connectivity index (χ4n) is 3.70. The van der Waals surface area contributed by atoms with Crippen LogP contribution >= 0.6 is 0 Å². The van der Waals surface area contributed by atoms with Gasteiger partial charge in [-0.05, 0) is 44.4 Å². The maximum absolute atomic E-state index is 12.5. The quantitative estimate of drug-likeness (QED) is 0.864. The number of amides is 2. The fraction of sp³-hybridized carbons (Fsp3) is 0.556. The highest BCUT2D eigenvalue weighted by Crippen LogP contribution is 2.34. The molecule has 1 aromatic carbocycles. The average Bonchev–Trinajstić information content (AvgIpc) is 3.32. The van der Waals surface area contributed by atoms with Gasteiger partial charge in [0.05, 0.1) is 6.04 Å². The number of nitrogens with zero attached hydrogens (tertiary/aromatic N) is 1. The van der Waals surface area contributed by atoms with E-state index in [1.807, 2.05) is 11.0 Å². The van der Waals surface area contributed by atoms with Crippen LogP contribution < -0.4 is 20.1 Å². The van der Waals surface area contributed by atoms with Crippen LogP contribution in [0.2, 0.25) is 0 Å². The Morgan fingerprint density at radius 1 is 1.12 bits per heavy atom. The highest BCUT2D eigenvalue weighted by molar-refractivity contribution is 5.93. The number of rotatable bonds is 3. The van der Waals surface area contributed by atoms with Crippen LogP contribution in [0, 0.1) is 5.92 Å². The zero-order valence-corrected chi connectivity index (χ0v) is 14.1. The minimum atomic E-state index is -0.0639. The standard InChI is InChI=1S/C18H23N3O4/c22-17(20-13-3-4-15-16(10-13)25-11-24-15)12-5-8-21(9-6-12)18(23)14-2-1-7-19-14/h3-4,10,12,14,19H,1-2,5-9,11H2,(H,20,22). The van der Waals surface area contributed by atoms with Crippen LogP contribution in [0.3, 0.4) is 0 Å². The molecule has 1 aromatic rings. The zero-order chi connectivity index (χ0) is 17.2. The molecule has 2 fully saturated rings. The van der Waals surface area contributed by atoms with Gasteiger partial charge in [0.25, 0.3) is 0 Å². The van der Waals surface area contributed by atoms with Crippen LogP contribution in [-0.2, 0) is 9.59 Å². The lowest BCUT2D eigenvalue weighted by molar-refractivity contribution is -0.136. The molecule has 25 heavy (non-hydrogen) atoms. The van der Waals surface area contributed by atoms with Gasteiger partial charge in [-0.2, -0.15) is 0 Å². The third-order valence-electron chi connectivity index (χ3n) is 5.18. The van der Waals surface area contributed by atoms with E-state index in [9.17, 15) is 9.59 Å². The van der Waals surface area contributed by atoms with E-state index >= 15 is 0 Å². The minimum Gasteiger partial charge on any atom is -0.454 e. The van der Waals surface area contributed by atoms with E-state index in [1.54, 1.807) is 12.1 Å². The molecule has 3 heterocycles. The van der Waals surface area contributed by atoms with Gasteiger partial charge < -0.3 is 25.0 Å². The van der Waals surface area contributed by atoms with E-state index in [2.05, 4.69) is 10.6 Å². The van der Waals surface area contributed by atoms with Crippen molar-refractivity contribution in [1.29, 1.82) is 0 Å². The summed E-state index contributed by atoms with van der Waals surface area (Å²) < 4.78 is 10.6. The first-order valence-electron chi connectivity index (χ1n) is 8.93. The van der Waals surface area contributed by atoms with Crippen LogP contribution in [0.5, 0.6) is 11.5 Å². The zero-order valence-electron chi connectivity index (χ0n) is 14.1. The summed E-state index contributed by atoms with van der Waals surface area (Å²) in [6.07, 6.45) is 3.39. The summed E-state index contributed by atoms with van der Waals surface area (Å²) in [7, 11) is 0. The predicted octanol–water partition coefficient (Wildman–Crippen LogP) is 1.34. The van der Waals surface area contributed by atoms with E-state index < -0.39 is 0 Å². The number of hydrogen-bond donors (Lipinski definition) is 2. The Morgan fingerprint density at radius 2 is 1.92 bits per heavy atom. The van der Waals surface area contributed by atoms with Gasteiger partial charge in [-0.25, -0.2) is 0 Å². The largest absolute Gasteiger partial charge is 0.454 e. The lowest BCUT2D eigenvalue weighted by atomic mass is 9.95. The second kappa shape index (κ2) is 6.92. The number of anilines is 1. The number of hydrogen-bond acceptors (Lipinski definition) is 5. The van der Waals surface area contributed by atoms with Gasteiger partial charge >= 0.3 is 0 Å². The van der Waals surface area contributed by atoms with Gasteiger partial charge in [0, 0.05) is 30.8 Å². The fourth-order valence-corrected chi connectivity index (χ4v) is 3.70. The van der Waals surface area contributed by atoms with Gasteiger partial charge in [0.1, 0.15) is 0 Å². The van der Waals surface area contributed by atoms with Crippen LogP contribution in [0.25, 0.3) is 0 Å². The summed E-state index contributed by atoms with van der Waals surface area (Å²) in [5.41, 5.74) is 0.711.